The first kappa shape index (κ1) is 17.1. The number of benzene rings is 2. The van der Waals surface area contributed by atoms with E-state index in [1.54, 1.807) is 26.0 Å². The third-order valence-electron chi connectivity index (χ3n) is 4.94. The number of carbonyl (C=O) groups excluding carboxylic acids is 2. The Labute approximate surface area is 155 Å². The maximum absolute atomic E-state index is 12.6. The van der Waals surface area contributed by atoms with Gasteiger partial charge in [-0.05, 0) is 23.8 Å². The van der Waals surface area contributed by atoms with E-state index in [0.717, 1.165) is 16.6 Å². The highest BCUT2D eigenvalue weighted by Gasteiger charge is 2.45. The molecule has 0 spiro atoms. The molecule has 4 rings (SSSR count). The molecule has 1 N–H and O–H groups in total. The molecule has 1 aliphatic rings. The lowest BCUT2D eigenvalue weighted by Crippen LogP contribution is -2.33. The molecule has 2 aromatic carbocycles. The van der Waals surface area contributed by atoms with E-state index in [1.165, 1.54) is 4.90 Å². The fourth-order valence-electron chi connectivity index (χ4n) is 3.51. The second-order valence-electron chi connectivity index (χ2n) is 7.49. The van der Waals surface area contributed by atoms with Gasteiger partial charge in [0.25, 0.3) is 5.56 Å². The monoisotopic (exact) mass is 361 g/mol. The lowest BCUT2D eigenvalue weighted by Gasteiger charge is -2.18. The molecule has 1 fully saturated rings. The molecule has 27 heavy (non-hydrogen) atoms. The first-order valence-corrected chi connectivity index (χ1v) is 8.79. The molecule has 0 radical (unpaired) electrons. The normalized spacial score (nSPS) is 16.3. The van der Waals surface area contributed by atoms with Crippen LogP contribution in [0.15, 0.2) is 53.3 Å². The molecular formula is C21H19N3O3. The number of rotatable bonds is 3. The maximum Gasteiger partial charge on any atom is 0.272 e. The minimum Gasteiger partial charge on any atom is -0.274 e. The third kappa shape index (κ3) is 2.93. The SMILES string of the molecule is CC1(C)CC(=O)N(c2cccc(Cc3n[nH]c(=O)c4ccccc34)c2)C1=O. The first-order valence-electron chi connectivity index (χ1n) is 8.79. The smallest absolute Gasteiger partial charge is 0.272 e. The van der Waals surface area contributed by atoms with Crippen molar-refractivity contribution >= 4 is 28.3 Å². The molecule has 6 heteroatoms. The second-order valence-corrected chi connectivity index (χ2v) is 7.49. The summed E-state index contributed by atoms with van der Waals surface area (Å²) in [7, 11) is 0. The van der Waals surface area contributed by atoms with E-state index in [9.17, 15) is 14.4 Å². The van der Waals surface area contributed by atoms with Crippen LogP contribution in [-0.2, 0) is 16.0 Å². The molecule has 2 heterocycles. The van der Waals surface area contributed by atoms with Gasteiger partial charge in [-0.25, -0.2) is 5.10 Å². The summed E-state index contributed by atoms with van der Waals surface area (Å²) >= 11 is 0. The van der Waals surface area contributed by atoms with Gasteiger partial charge in [-0.3, -0.25) is 19.3 Å². The van der Waals surface area contributed by atoms with E-state index in [4.69, 9.17) is 0 Å². The van der Waals surface area contributed by atoms with Gasteiger partial charge in [-0.1, -0.05) is 44.2 Å². The number of hydrogen-bond donors (Lipinski definition) is 1. The number of amides is 2. The Kier molecular flexibility index (Phi) is 3.91. The number of nitrogens with zero attached hydrogens (tertiary/aromatic N) is 2. The molecule has 3 aromatic rings. The highest BCUT2D eigenvalue weighted by atomic mass is 16.2. The summed E-state index contributed by atoms with van der Waals surface area (Å²) in [6.07, 6.45) is 0.687. The highest BCUT2D eigenvalue weighted by Crippen LogP contribution is 2.35. The highest BCUT2D eigenvalue weighted by molar-refractivity contribution is 6.22. The van der Waals surface area contributed by atoms with Crippen molar-refractivity contribution in [1.82, 2.24) is 10.2 Å². The van der Waals surface area contributed by atoms with E-state index < -0.39 is 5.41 Å². The number of fused-ring (bicyclic) bond motifs is 1. The Hall–Kier alpha value is -3.28. The van der Waals surface area contributed by atoms with Gasteiger partial charge in [0.2, 0.25) is 11.8 Å². The molecule has 0 atom stereocenters. The Morgan fingerprint density at radius 1 is 1.04 bits per heavy atom. The molecule has 136 valence electrons. The van der Waals surface area contributed by atoms with Crippen LogP contribution in [0.3, 0.4) is 0 Å². The predicted molar refractivity (Wildman–Crippen MR) is 103 cm³/mol. The quantitative estimate of drug-likeness (QED) is 0.727. The summed E-state index contributed by atoms with van der Waals surface area (Å²) in [4.78, 5) is 38.1. The number of carbonyl (C=O) groups is 2. The number of H-pyrrole nitrogens is 1. The van der Waals surface area contributed by atoms with E-state index in [2.05, 4.69) is 10.2 Å². The molecule has 2 amide bonds. The van der Waals surface area contributed by atoms with Crippen LogP contribution >= 0.6 is 0 Å². The van der Waals surface area contributed by atoms with Gasteiger partial charge in [-0.15, -0.1) is 0 Å². The van der Waals surface area contributed by atoms with Crippen LogP contribution in [0, 0.1) is 5.41 Å². The molecule has 0 unspecified atom stereocenters. The van der Waals surface area contributed by atoms with Crippen molar-refractivity contribution in [3.8, 4) is 0 Å². The van der Waals surface area contributed by atoms with Crippen LogP contribution in [-0.4, -0.2) is 22.0 Å². The zero-order valence-electron chi connectivity index (χ0n) is 15.2. The number of aromatic amines is 1. The summed E-state index contributed by atoms with van der Waals surface area (Å²) < 4.78 is 0. The molecule has 0 saturated carbocycles. The average Bonchev–Trinajstić information content (AvgIpc) is 2.85. The lowest BCUT2D eigenvalue weighted by atomic mass is 9.92. The number of nitrogens with one attached hydrogen (secondary N) is 1. The minimum atomic E-state index is -0.677. The van der Waals surface area contributed by atoms with Crippen molar-refractivity contribution in [1.29, 1.82) is 0 Å². The topological polar surface area (TPSA) is 83.1 Å². The Bertz CT molecular complexity index is 1130. The first-order chi connectivity index (χ1) is 12.9. The zero-order valence-corrected chi connectivity index (χ0v) is 15.2. The van der Waals surface area contributed by atoms with Gasteiger partial charge in [0.05, 0.1) is 22.2 Å². The summed E-state index contributed by atoms with van der Waals surface area (Å²) in [5.41, 5.74) is 1.31. The zero-order chi connectivity index (χ0) is 19.2. The summed E-state index contributed by atoms with van der Waals surface area (Å²) in [6, 6.07) is 14.6. The van der Waals surface area contributed by atoms with Crippen LogP contribution in [0.2, 0.25) is 0 Å². The van der Waals surface area contributed by atoms with Gasteiger partial charge < -0.3 is 0 Å². The Morgan fingerprint density at radius 3 is 2.48 bits per heavy atom. The van der Waals surface area contributed by atoms with Gasteiger partial charge in [0, 0.05) is 18.2 Å². The largest absolute Gasteiger partial charge is 0.274 e. The van der Waals surface area contributed by atoms with E-state index >= 15 is 0 Å². The molecule has 6 nitrogen and oxygen atoms in total. The summed E-state index contributed by atoms with van der Waals surface area (Å²) in [5.74, 6) is -0.368. The molecule has 1 aliphatic heterocycles. The van der Waals surface area contributed by atoms with Crippen LogP contribution in [0.5, 0.6) is 0 Å². The molecule has 1 aromatic heterocycles. The maximum atomic E-state index is 12.6. The van der Waals surface area contributed by atoms with E-state index in [0.29, 0.717) is 17.5 Å². The molecule has 1 saturated heterocycles. The Balaban J connectivity index is 1.71. The van der Waals surface area contributed by atoms with Crippen molar-refractivity contribution in [2.45, 2.75) is 26.7 Å². The van der Waals surface area contributed by atoms with Gasteiger partial charge in [0.15, 0.2) is 0 Å². The minimum absolute atomic E-state index is 0.183. The molecule has 0 aliphatic carbocycles. The fraction of sp³-hybridized carbons (Fsp3) is 0.238. The number of imide groups is 1. The van der Waals surface area contributed by atoms with E-state index in [1.807, 2.05) is 36.4 Å². The van der Waals surface area contributed by atoms with Gasteiger partial charge >= 0.3 is 0 Å². The molecular weight excluding hydrogens is 342 g/mol. The van der Waals surface area contributed by atoms with Gasteiger partial charge in [-0.2, -0.15) is 5.10 Å². The molecule has 0 bridgehead atoms. The van der Waals surface area contributed by atoms with Crippen molar-refractivity contribution < 1.29 is 9.59 Å². The van der Waals surface area contributed by atoms with Crippen molar-refractivity contribution in [2.24, 2.45) is 5.41 Å². The van der Waals surface area contributed by atoms with E-state index in [-0.39, 0.29) is 23.8 Å². The average molecular weight is 361 g/mol. The number of hydrogen-bond acceptors (Lipinski definition) is 4. The van der Waals surface area contributed by atoms with Crippen molar-refractivity contribution in [2.75, 3.05) is 4.90 Å². The fourth-order valence-corrected chi connectivity index (χ4v) is 3.51. The number of anilines is 1. The summed E-state index contributed by atoms with van der Waals surface area (Å²) in [5, 5.41) is 8.11. The van der Waals surface area contributed by atoms with Crippen LogP contribution in [0.4, 0.5) is 5.69 Å². The van der Waals surface area contributed by atoms with Gasteiger partial charge in [0.1, 0.15) is 0 Å². The van der Waals surface area contributed by atoms with Crippen LogP contribution in [0.25, 0.3) is 10.8 Å². The lowest BCUT2D eigenvalue weighted by molar-refractivity contribution is -0.124. The predicted octanol–water partition coefficient (Wildman–Crippen LogP) is 2.80. The summed E-state index contributed by atoms with van der Waals surface area (Å²) in [6.45, 7) is 3.57. The third-order valence-corrected chi connectivity index (χ3v) is 4.94. The number of aromatic nitrogens is 2. The second kappa shape index (κ2) is 6.16. The van der Waals surface area contributed by atoms with Crippen molar-refractivity contribution in [3.63, 3.8) is 0 Å². The Morgan fingerprint density at radius 2 is 1.78 bits per heavy atom. The standard InChI is InChI=1S/C21H19N3O3/c1-21(2)12-18(25)24(20(21)27)14-7-5-6-13(10-14)11-17-15-8-3-4-9-16(15)19(26)23-22-17/h3-10H,11-12H2,1-2H3,(H,23,26). The van der Waals surface area contributed by atoms with Crippen LogP contribution < -0.4 is 10.5 Å². The van der Waals surface area contributed by atoms with Crippen molar-refractivity contribution in [3.05, 3.63) is 70.1 Å². The van der Waals surface area contributed by atoms with Crippen LogP contribution in [0.1, 0.15) is 31.5 Å².